The maximum atomic E-state index is 13.6. The first-order valence-electron chi connectivity index (χ1n) is 5.16. The molecule has 0 amide bonds. The van der Waals surface area contributed by atoms with Crippen LogP contribution < -0.4 is 10.5 Å². The summed E-state index contributed by atoms with van der Waals surface area (Å²) in [7, 11) is 0. The van der Waals surface area contributed by atoms with Crippen LogP contribution in [0.15, 0.2) is 34.8 Å². The Morgan fingerprint density at radius 1 is 1.17 bits per heavy atom. The van der Waals surface area contributed by atoms with Crippen molar-refractivity contribution in [2.45, 2.75) is 6.92 Å². The quantitative estimate of drug-likeness (QED) is 0.833. The first-order valence-corrected chi connectivity index (χ1v) is 5.96. The standard InChI is InChI=1S/C13H10BrF2NO/c1-7-2-5-11(8(14)6-7)18-13-10(17)4-3-9(15)12(13)16/h2-6H,17H2,1H3. The number of ether oxygens (including phenoxy) is 1. The monoisotopic (exact) mass is 313 g/mol. The zero-order chi connectivity index (χ0) is 13.3. The van der Waals surface area contributed by atoms with Gasteiger partial charge in [0.1, 0.15) is 5.75 Å². The summed E-state index contributed by atoms with van der Waals surface area (Å²) in [4.78, 5) is 0. The van der Waals surface area contributed by atoms with Crippen LogP contribution in [-0.4, -0.2) is 0 Å². The largest absolute Gasteiger partial charge is 0.451 e. The van der Waals surface area contributed by atoms with Gasteiger partial charge in [-0.25, -0.2) is 4.39 Å². The van der Waals surface area contributed by atoms with Gasteiger partial charge < -0.3 is 10.5 Å². The van der Waals surface area contributed by atoms with E-state index in [1.165, 1.54) is 6.07 Å². The van der Waals surface area contributed by atoms with E-state index in [0.29, 0.717) is 10.2 Å². The SMILES string of the molecule is Cc1ccc(Oc2c(N)ccc(F)c2F)c(Br)c1. The molecule has 0 aliphatic rings. The van der Waals surface area contributed by atoms with Gasteiger partial charge in [-0.2, -0.15) is 4.39 Å². The molecule has 0 aliphatic carbocycles. The average Bonchev–Trinajstić information content (AvgIpc) is 2.32. The number of nitrogen functional groups attached to an aromatic ring is 1. The molecular weight excluding hydrogens is 304 g/mol. The molecule has 0 radical (unpaired) electrons. The smallest absolute Gasteiger partial charge is 0.203 e. The van der Waals surface area contributed by atoms with E-state index in [2.05, 4.69) is 15.9 Å². The highest BCUT2D eigenvalue weighted by Crippen LogP contribution is 2.35. The Balaban J connectivity index is 2.43. The van der Waals surface area contributed by atoms with E-state index in [4.69, 9.17) is 10.5 Å². The first-order chi connectivity index (χ1) is 8.49. The van der Waals surface area contributed by atoms with Crippen molar-refractivity contribution >= 4 is 21.6 Å². The second kappa shape index (κ2) is 4.94. The normalized spacial score (nSPS) is 10.4. The summed E-state index contributed by atoms with van der Waals surface area (Å²) in [5.74, 6) is -2.03. The number of rotatable bonds is 2. The lowest BCUT2D eigenvalue weighted by atomic mass is 10.2. The van der Waals surface area contributed by atoms with Crippen molar-refractivity contribution in [1.29, 1.82) is 0 Å². The van der Waals surface area contributed by atoms with E-state index >= 15 is 0 Å². The van der Waals surface area contributed by atoms with Crippen LogP contribution in [0.4, 0.5) is 14.5 Å². The number of hydrogen-bond acceptors (Lipinski definition) is 2. The van der Waals surface area contributed by atoms with Gasteiger partial charge in [0, 0.05) is 0 Å². The van der Waals surface area contributed by atoms with E-state index in [1.807, 2.05) is 13.0 Å². The Morgan fingerprint density at radius 2 is 1.89 bits per heavy atom. The summed E-state index contributed by atoms with van der Waals surface area (Å²) in [6.45, 7) is 1.91. The first kappa shape index (κ1) is 12.8. The van der Waals surface area contributed by atoms with Crippen molar-refractivity contribution in [2.24, 2.45) is 0 Å². The molecule has 2 N–H and O–H groups in total. The van der Waals surface area contributed by atoms with Crippen LogP contribution in [-0.2, 0) is 0 Å². The number of benzene rings is 2. The molecule has 0 aromatic heterocycles. The number of aryl methyl sites for hydroxylation is 1. The Hall–Kier alpha value is -1.62. The highest BCUT2D eigenvalue weighted by Gasteiger charge is 2.15. The van der Waals surface area contributed by atoms with Crippen molar-refractivity contribution in [3.05, 3.63) is 52.0 Å². The molecule has 0 aliphatic heterocycles. The third-order valence-corrected chi connectivity index (χ3v) is 3.00. The Kier molecular flexibility index (Phi) is 3.52. The fraction of sp³-hybridized carbons (Fsp3) is 0.0769. The van der Waals surface area contributed by atoms with Gasteiger partial charge in [-0.1, -0.05) is 6.07 Å². The zero-order valence-corrected chi connectivity index (χ0v) is 11.1. The number of nitrogens with two attached hydrogens (primary N) is 1. The van der Waals surface area contributed by atoms with Gasteiger partial charge in [0.05, 0.1) is 10.2 Å². The molecule has 0 fully saturated rings. The van der Waals surface area contributed by atoms with Gasteiger partial charge in [-0.3, -0.25) is 0 Å². The maximum absolute atomic E-state index is 13.6. The van der Waals surface area contributed by atoms with Gasteiger partial charge in [0.25, 0.3) is 0 Å². The Labute approximate surface area is 112 Å². The van der Waals surface area contributed by atoms with Crippen LogP contribution >= 0.6 is 15.9 Å². The lowest BCUT2D eigenvalue weighted by Crippen LogP contribution is -1.98. The molecule has 0 heterocycles. The van der Waals surface area contributed by atoms with Crippen molar-refractivity contribution < 1.29 is 13.5 Å². The van der Waals surface area contributed by atoms with E-state index in [-0.39, 0.29) is 11.4 Å². The summed E-state index contributed by atoms with van der Waals surface area (Å²) in [5, 5.41) is 0. The lowest BCUT2D eigenvalue weighted by molar-refractivity contribution is 0.416. The summed E-state index contributed by atoms with van der Waals surface area (Å²) < 4.78 is 32.6. The zero-order valence-electron chi connectivity index (χ0n) is 9.51. The second-order valence-corrected chi connectivity index (χ2v) is 4.67. The Morgan fingerprint density at radius 3 is 2.56 bits per heavy atom. The maximum Gasteiger partial charge on any atom is 0.203 e. The molecule has 2 nitrogen and oxygen atoms in total. The molecule has 18 heavy (non-hydrogen) atoms. The molecule has 0 spiro atoms. The van der Waals surface area contributed by atoms with Crippen LogP contribution in [0.3, 0.4) is 0 Å². The third-order valence-electron chi connectivity index (χ3n) is 2.38. The van der Waals surface area contributed by atoms with Crippen molar-refractivity contribution in [2.75, 3.05) is 5.73 Å². The lowest BCUT2D eigenvalue weighted by Gasteiger charge is -2.11. The summed E-state index contributed by atoms with van der Waals surface area (Å²) in [6, 6.07) is 7.48. The number of halogens is 3. The van der Waals surface area contributed by atoms with Gasteiger partial charge in [-0.15, -0.1) is 0 Å². The molecule has 94 valence electrons. The molecule has 0 saturated heterocycles. The molecule has 0 bridgehead atoms. The predicted molar refractivity (Wildman–Crippen MR) is 69.7 cm³/mol. The van der Waals surface area contributed by atoms with Crippen molar-refractivity contribution in [3.63, 3.8) is 0 Å². The molecule has 0 atom stereocenters. The molecule has 0 unspecified atom stereocenters. The van der Waals surface area contributed by atoms with E-state index in [9.17, 15) is 8.78 Å². The molecule has 5 heteroatoms. The molecule has 2 aromatic carbocycles. The second-order valence-electron chi connectivity index (χ2n) is 3.82. The van der Waals surface area contributed by atoms with E-state index < -0.39 is 11.6 Å². The fourth-order valence-corrected chi connectivity index (χ4v) is 2.02. The highest BCUT2D eigenvalue weighted by atomic mass is 79.9. The highest BCUT2D eigenvalue weighted by molar-refractivity contribution is 9.10. The summed E-state index contributed by atoms with van der Waals surface area (Å²) >= 11 is 3.29. The molecule has 2 aromatic rings. The molecule has 0 saturated carbocycles. The minimum Gasteiger partial charge on any atom is -0.451 e. The van der Waals surface area contributed by atoms with Crippen LogP contribution in [0.25, 0.3) is 0 Å². The van der Waals surface area contributed by atoms with Gasteiger partial charge >= 0.3 is 0 Å². The minimum atomic E-state index is -1.09. The van der Waals surface area contributed by atoms with Gasteiger partial charge in [0.2, 0.25) is 5.82 Å². The summed E-state index contributed by atoms with van der Waals surface area (Å²) in [6.07, 6.45) is 0. The number of hydrogen-bond donors (Lipinski definition) is 1. The van der Waals surface area contributed by atoms with Gasteiger partial charge in [0.15, 0.2) is 11.6 Å². The minimum absolute atomic E-state index is 0.0429. The van der Waals surface area contributed by atoms with Crippen molar-refractivity contribution in [3.8, 4) is 11.5 Å². The van der Waals surface area contributed by atoms with E-state index in [0.717, 1.165) is 11.6 Å². The predicted octanol–water partition coefficient (Wildman–Crippen LogP) is 4.41. The average molecular weight is 314 g/mol. The molecule has 2 rings (SSSR count). The summed E-state index contributed by atoms with van der Waals surface area (Å²) in [5.41, 5.74) is 6.63. The number of anilines is 1. The van der Waals surface area contributed by atoms with Gasteiger partial charge in [-0.05, 0) is 52.7 Å². The third kappa shape index (κ3) is 2.46. The van der Waals surface area contributed by atoms with Crippen LogP contribution in [0.2, 0.25) is 0 Å². The van der Waals surface area contributed by atoms with Crippen LogP contribution in [0.1, 0.15) is 5.56 Å². The van der Waals surface area contributed by atoms with Crippen LogP contribution in [0.5, 0.6) is 11.5 Å². The topological polar surface area (TPSA) is 35.2 Å². The Bertz CT molecular complexity index is 602. The van der Waals surface area contributed by atoms with Crippen molar-refractivity contribution in [1.82, 2.24) is 0 Å². The fourth-order valence-electron chi connectivity index (χ4n) is 1.45. The molecular formula is C13H10BrF2NO. The van der Waals surface area contributed by atoms with E-state index in [1.54, 1.807) is 12.1 Å². The van der Waals surface area contributed by atoms with Crippen LogP contribution in [0, 0.1) is 18.6 Å².